The van der Waals surface area contributed by atoms with Gasteiger partial charge in [0, 0.05) is 25.9 Å². The zero-order chi connectivity index (χ0) is 17.9. The van der Waals surface area contributed by atoms with Gasteiger partial charge in [-0.3, -0.25) is 14.9 Å². The van der Waals surface area contributed by atoms with Crippen molar-refractivity contribution in [2.75, 3.05) is 37.3 Å². The van der Waals surface area contributed by atoms with Gasteiger partial charge >= 0.3 is 5.69 Å². The number of sulfone groups is 1. The minimum Gasteiger partial charge on any atom is -0.357 e. The molecule has 1 aliphatic heterocycles. The molecule has 0 saturated carbocycles. The molecule has 0 radical (unpaired) electrons. The molecule has 0 aromatic heterocycles. The molecular weight excluding hydrogens is 334 g/mol. The van der Waals surface area contributed by atoms with Crippen molar-refractivity contribution in [2.24, 2.45) is 0 Å². The molecule has 0 N–H and O–H groups in total. The lowest BCUT2D eigenvalue weighted by Gasteiger charge is -2.23. The maximum atomic E-state index is 12.3. The van der Waals surface area contributed by atoms with Crippen LogP contribution >= 0.6 is 0 Å². The SMILES string of the molecule is CCCN1CCCN(c2cccc(S(C)(=O)=O)c2[N+](=O)[O-])CC1=O. The van der Waals surface area contributed by atoms with E-state index in [9.17, 15) is 23.3 Å². The summed E-state index contributed by atoms with van der Waals surface area (Å²) in [5.74, 6) is -0.103. The summed E-state index contributed by atoms with van der Waals surface area (Å²) in [4.78, 5) is 26.2. The van der Waals surface area contributed by atoms with Crippen molar-refractivity contribution in [1.29, 1.82) is 0 Å². The number of hydrogen-bond acceptors (Lipinski definition) is 6. The standard InChI is InChI=1S/C15H21N3O5S/c1-3-8-16-9-5-10-17(11-14(16)19)12-6-4-7-13(24(2,22)23)15(12)18(20)21/h4,6-7H,3,5,8-11H2,1-2H3. The van der Waals surface area contributed by atoms with Crippen molar-refractivity contribution in [2.45, 2.75) is 24.7 Å². The van der Waals surface area contributed by atoms with Gasteiger partial charge in [-0.2, -0.15) is 0 Å². The van der Waals surface area contributed by atoms with Crippen molar-refractivity contribution >= 4 is 27.1 Å². The fourth-order valence-corrected chi connectivity index (χ4v) is 3.74. The van der Waals surface area contributed by atoms with Crippen LogP contribution in [0.5, 0.6) is 0 Å². The zero-order valence-electron chi connectivity index (χ0n) is 13.8. The summed E-state index contributed by atoms with van der Waals surface area (Å²) in [6.07, 6.45) is 2.46. The summed E-state index contributed by atoms with van der Waals surface area (Å²) in [6.45, 7) is 3.70. The summed E-state index contributed by atoms with van der Waals surface area (Å²) in [7, 11) is -3.75. The molecule has 1 fully saturated rings. The maximum Gasteiger partial charge on any atom is 0.311 e. The number of nitro groups is 1. The normalized spacial score (nSPS) is 16.2. The van der Waals surface area contributed by atoms with Gasteiger partial charge in [0.25, 0.3) is 0 Å². The van der Waals surface area contributed by atoms with Crippen LogP contribution < -0.4 is 4.90 Å². The summed E-state index contributed by atoms with van der Waals surface area (Å²) < 4.78 is 23.7. The van der Waals surface area contributed by atoms with E-state index in [4.69, 9.17) is 0 Å². The quantitative estimate of drug-likeness (QED) is 0.585. The van der Waals surface area contributed by atoms with Crippen molar-refractivity contribution in [3.63, 3.8) is 0 Å². The lowest BCUT2D eigenvalue weighted by Crippen LogP contribution is -2.37. The predicted octanol–water partition coefficient (Wildman–Crippen LogP) is 1.45. The first kappa shape index (κ1) is 18.2. The third kappa shape index (κ3) is 3.84. The summed E-state index contributed by atoms with van der Waals surface area (Å²) in [6, 6.07) is 4.19. The number of para-hydroxylation sites is 1. The number of benzene rings is 1. The molecule has 0 atom stereocenters. The zero-order valence-corrected chi connectivity index (χ0v) is 14.6. The molecular formula is C15H21N3O5S. The largest absolute Gasteiger partial charge is 0.357 e. The van der Waals surface area contributed by atoms with E-state index >= 15 is 0 Å². The Hall–Kier alpha value is -2.16. The van der Waals surface area contributed by atoms with Gasteiger partial charge in [0.15, 0.2) is 9.84 Å². The van der Waals surface area contributed by atoms with E-state index in [0.717, 1.165) is 12.7 Å². The van der Waals surface area contributed by atoms with Crippen molar-refractivity contribution in [3.8, 4) is 0 Å². The molecule has 1 amide bonds. The summed E-state index contributed by atoms with van der Waals surface area (Å²) in [5.41, 5.74) is -0.286. The van der Waals surface area contributed by atoms with Gasteiger partial charge in [0.1, 0.15) is 10.6 Å². The van der Waals surface area contributed by atoms with E-state index in [2.05, 4.69) is 0 Å². The Morgan fingerprint density at radius 1 is 1.29 bits per heavy atom. The molecule has 8 nitrogen and oxygen atoms in total. The number of nitro benzene ring substituents is 1. The first-order valence-electron chi connectivity index (χ1n) is 7.76. The molecule has 132 valence electrons. The van der Waals surface area contributed by atoms with Gasteiger partial charge in [0.2, 0.25) is 5.91 Å². The second-order valence-corrected chi connectivity index (χ2v) is 7.79. The minimum atomic E-state index is -3.75. The summed E-state index contributed by atoms with van der Waals surface area (Å²) in [5, 5.41) is 11.5. The molecule has 1 aliphatic rings. The minimum absolute atomic E-state index is 0.00799. The van der Waals surface area contributed by atoms with Crippen LogP contribution in [0.2, 0.25) is 0 Å². The Kier molecular flexibility index (Phi) is 5.43. The Labute approximate surface area is 141 Å². The topological polar surface area (TPSA) is 101 Å². The highest BCUT2D eigenvalue weighted by Gasteiger charge is 2.31. The molecule has 1 aromatic rings. The average molecular weight is 355 g/mol. The fourth-order valence-electron chi connectivity index (χ4n) is 2.88. The molecule has 24 heavy (non-hydrogen) atoms. The Balaban J connectivity index is 2.45. The van der Waals surface area contributed by atoms with E-state index in [-0.39, 0.29) is 23.0 Å². The third-order valence-electron chi connectivity index (χ3n) is 3.93. The van der Waals surface area contributed by atoms with Crippen molar-refractivity contribution < 1.29 is 18.1 Å². The highest BCUT2D eigenvalue weighted by Crippen LogP contribution is 2.35. The predicted molar refractivity (Wildman–Crippen MR) is 89.9 cm³/mol. The van der Waals surface area contributed by atoms with E-state index in [1.54, 1.807) is 9.80 Å². The monoisotopic (exact) mass is 355 g/mol. The first-order valence-corrected chi connectivity index (χ1v) is 9.65. The van der Waals surface area contributed by atoms with E-state index < -0.39 is 20.4 Å². The van der Waals surface area contributed by atoms with Crippen LogP contribution in [-0.2, 0) is 14.6 Å². The molecule has 9 heteroatoms. The van der Waals surface area contributed by atoms with Gasteiger partial charge in [-0.05, 0) is 25.0 Å². The van der Waals surface area contributed by atoms with Crippen LogP contribution in [-0.4, -0.2) is 56.6 Å². The Morgan fingerprint density at radius 3 is 2.58 bits per heavy atom. The highest BCUT2D eigenvalue weighted by molar-refractivity contribution is 7.90. The van der Waals surface area contributed by atoms with E-state index in [1.807, 2.05) is 6.92 Å². The van der Waals surface area contributed by atoms with Crippen LogP contribution in [0.15, 0.2) is 23.1 Å². The number of hydrogen-bond donors (Lipinski definition) is 0. The number of carbonyl (C=O) groups excluding carboxylic acids is 1. The van der Waals surface area contributed by atoms with Gasteiger partial charge in [-0.25, -0.2) is 8.42 Å². The van der Waals surface area contributed by atoms with Crippen LogP contribution in [0.25, 0.3) is 0 Å². The Bertz CT molecular complexity index is 747. The lowest BCUT2D eigenvalue weighted by molar-refractivity contribution is -0.387. The molecule has 1 heterocycles. The van der Waals surface area contributed by atoms with Gasteiger partial charge in [-0.15, -0.1) is 0 Å². The maximum absolute atomic E-state index is 12.3. The first-order chi connectivity index (χ1) is 11.3. The second kappa shape index (κ2) is 7.16. The second-order valence-electron chi connectivity index (χ2n) is 5.81. The smallest absolute Gasteiger partial charge is 0.311 e. The Morgan fingerprint density at radius 2 is 2.00 bits per heavy atom. The van der Waals surface area contributed by atoms with Crippen LogP contribution in [0.3, 0.4) is 0 Å². The molecule has 1 aromatic carbocycles. The number of nitrogens with zero attached hydrogens (tertiary/aromatic N) is 3. The van der Waals surface area contributed by atoms with Crippen LogP contribution in [0, 0.1) is 10.1 Å². The van der Waals surface area contributed by atoms with Gasteiger partial charge < -0.3 is 9.80 Å². The number of amides is 1. The molecule has 0 aliphatic carbocycles. The molecule has 2 rings (SSSR count). The van der Waals surface area contributed by atoms with E-state index in [1.165, 1.54) is 18.2 Å². The lowest BCUT2D eigenvalue weighted by atomic mass is 10.2. The van der Waals surface area contributed by atoms with Crippen LogP contribution in [0.1, 0.15) is 19.8 Å². The third-order valence-corrected chi connectivity index (χ3v) is 5.06. The van der Waals surface area contributed by atoms with Gasteiger partial charge in [-0.1, -0.05) is 13.0 Å². The number of rotatable bonds is 5. The molecule has 0 spiro atoms. The number of anilines is 1. The average Bonchev–Trinajstić information content (AvgIpc) is 2.68. The van der Waals surface area contributed by atoms with Gasteiger partial charge in [0.05, 0.1) is 11.5 Å². The highest BCUT2D eigenvalue weighted by atomic mass is 32.2. The van der Waals surface area contributed by atoms with E-state index in [0.29, 0.717) is 26.1 Å². The summed E-state index contributed by atoms with van der Waals surface area (Å²) >= 11 is 0. The molecule has 0 unspecified atom stereocenters. The number of carbonyl (C=O) groups is 1. The molecule has 1 saturated heterocycles. The fraction of sp³-hybridized carbons (Fsp3) is 0.533. The molecule has 0 bridgehead atoms. The van der Waals surface area contributed by atoms with Crippen molar-refractivity contribution in [1.82, 2.24) is 4.90 Å². The van der Waals surface area contributed by atoms with Crippen molar-refractivity contribution in [3.05, 3.63) is 28.3 Å². The van der Waals surface area contributed by atoms with Crippen LogP contribution in [0.4, 0.5) is 11.4 Å².